The second kappa shape index (κ2) is 8.70. The van der Waals surface area contributed by atoms with Crippen molar-refractivity contribution in [1.82, 2.24) is 0 Å². The van der Waals surface area contributed by atoms with E-state index in [2.05, 4.69) is 15.2 Å². The minimum absolute atomic E-state index is 0.119. The number of nitrogens with zero attached hydrogens (tertiary/aromatic N) is 2. The van der Waals surface area contributed by atoms with Gasteiger partial charge in [0.2, 0.25) is 0 Å². The fraction of sp³-hybridized carbons (Fsp3) is 0.278. The van der Waals surface area contributed by atoms with E-state index in [1.165, 1.54) is 25.3 Å². The van der Waals surface area contributed by atoms with Gasteiger partial charge < -0.3 is 4.74 Å². The Morgan fingerprint density at radius 1 is 1.18 bits per heavy atom. The summed E-state index contributed by atoms with van der Waals surface area (Å²) in [5.74, 6) is 0.469. The van der Waals surface area contributed by atoms with Gasteiger partial charge in [0.15, 0.2) is 0 Å². The normalized spacial score (nSPS) is 12.0. The molecule has 150 valence electrons. The molecule has 0 amide bonds. The van der Waals surface area contributed by atoms with Gasteiger partial charge in [-0.3, -0.25) is 20.3 Å². The summed E-state index contributed by atoms with van der Waals surface area (Å²) in [6.07, 6.45) is 0. The minimum atomic E-state index is -4.17. The molecule has 0 heterocycles. The highest BCUT2D eigenvalue weighted by atomic mass is 32.2. The van der Waals surface area contributed by atoms with Crippen molar-refractivity contribution < 1.29 is 18.1 Å². The minimum Gasteiger partial charge on any atom is -0.495 e. The molecule has 28 heavy (non-hydrogen) atoms. The lowest BCUT2D eigenvalue weighted by Gasteiger charge is -2.14. The average Bonchev–Trinajstić information content (AvgIpc) is 2.65. The predicted octanol–water partition coefficient (Wildman–Crippen LogP) is 3.85. The van der Waals surface area contributed by atoms with Gasteiger partial charge in [0.25, 0.3) is 15.7 Å². The average molecular weight is 406 g/mol. The third-order valence-corrected chi connectivity index (χ3v) is 5.41. The first-order chi connectivity index (χ1) is 13.2. The van der Waals surface area contributed by atoms with E-state index in [0.717, 1.165) is 11.8 Å². The Hall–Kier alpha value is -3.14. The largest absolute Gasteiger partial charge is 0.495 e. The molecule has 0 aliphatic rings. The lowest BCUT2D eigenvalue weighted by atomic mass is 10.1. The van der Waals surface area contributed by atoms with E-state index < -0.39 is 14.9 Å². The summed E-state index contributed by atoms with van der Waals surface area (Å²) in [6, 6.07) is 9.98. The number of nitro groups is 1. The maximum Gasteiger partial charge on any atom is 0.270 e. The van der Waals surface area contributed by atoms with E-state index in [1.54, 1.807) is 25.1 Å². The Balaban J connectivity index is 2.51. The highest BCUT2D eigenvalue weighted by Gasteiger charge is 2.23. The lowest BCUT2D eigenvalue weighted by molar-refractivity contribution is -0.385. The number of ether oxygens (including phenoxy) is 1. The fourth-order valence-electron chi connectivity index (χ4n) is 2.15. The number of nitrogens with one attached hydrogen (secondary N) is 2. The Morgan fingerprint density at radius 2 is 1.86 bits per heavy atom. The molecular weight excluding hydrogens is 384 g/mol. The number of hydrazone groups is 1. The third-order valence-electron chi connectivity index (χ3n) is 4.01. The molecule has 0 atom stereocenters. The first-order valence-electron chi connectivity index (χ1n) is 8.40. The van der Waals surface area contributed by atoms with Gasteiger partial charge in [0.05, 0.1) is 23.4 Å². The number of hydrogen-bond acceptors (Lipinski definition) is 7. The van der Waals surface area contributed by atoms with Gasteiger partial charge in [-0.2, -0.15) is 5.10 Å². The summed E-state index contributed by atoms with van der Waals surface area (Å²) in [7, 11) is -2.75. The van der Waals surface area contributed by atoms with Crippen LogP contribution >= 0.6 is 0 Å². The molecule has 0 unspecified atom stereocenters. The predicted molar refractivity (Wildman–Crippen MR) is 108 cm³/mol. The standard InChI is InChI=1S/C18H22N4O5S/c1-12(2)13(3)19-20-16-10-9-14(22(23)24)11-18(16)28(25,26)21-15-7-5-6-8-17(15)27-4/h5-12,20-21H,1-4H3/b19-13+. The fourth-order valence-corrected chi connectivity index (χ4v) is 3.39. The molecule has 9 nitrogen and oxygen atoms in total. The zero-order valence-electron chi connectivity index (χ0n) is 16.0. The summed E-state index contributed by atoms with van der Waals surface area (Å²) in [5, 5.41) is 15.3. The molecule has 0 aliphatic carbocycles. The second-order valence-electron chi connectivity index (χ2n) is 6.26. The van der Waals surface area contributed by atoms with Crippen LogP contribution in [0.1, 0.15) is 20.8 Å². The Bertz CT molecular complexity index is 1000. The first-order valence-corrected chi connectivity index (χ1v) is 9.88. The molecule has 10 heteroatoms. The topological polar surface area (TPSA) is 123 Å². The second-order valence-corrected chi connectivity index (χ2v) is 7.91. The van der Waals surface area contributed by atoms with Crippen LogP contribution in [-0.4, -0.2) is 26.2 Å². The number of nitro benzene ring substituents is 1. The van der Waals surface area contributed by atoms with E-state index in [4.69, 9.17) is 4.74 Å². The van der Waals surface area contributed by atoms with Crippen molar-refractivity contribution in [2.45, 2.75) is 25.7 Å². The van der Waals surface area contributed by atoms with Crippen LogP contribution < -0.4 is 14.9 Å². The van der Waals surface area contributed by atoms with E-state index in [-0.39, 0.29) is 27.9 Å². The van der Waals surface area contributed by atoms with Crippen LogP contribution in [0.4, 0.5) is 17.1 Å². The van der Waals surface area contributed by atoms with Gasteiger partial charge in [-0.25, -0.2) is 8.42 Å². The van der Waals surface area contributed by atoms with Gasteiger partial charge in [-0.1, -0.05) is 26.0 Å². The molecule has 2 aromatic carbocycles. The monoisotopic (exact) mass is 406 g/mol. The number of methoxy groups -OCH3 is 1. The Morgan fingerprint density at radius 3 is 2.46 bits per heavy atom. The maximum absolute atomic E-state index is 13.0. The Kier molecular flexibility index (Phi) is 6.57. The molecule has 0 saturated carbocycles. The summed E-state index contributed by atoms with van der Waals surface area (Å²) in [4.78, 5) is 10.2. The van der Waals surface area contributed by atoms with E-state index in [9.17, 15) is 18.5 Å². The van der Waals surface area contributed by atoms with E-state index >= 15 is 0 Å². The van der Waals surface area contributed by atoms with Crippen molar-refractivity contribution in [3.8, 4) is 5.75 Å². The number of benzene rings is 2. The number of hydrogen-bond donors (Lipinski definition) is 2. The van der Waals surface area contributed by atoms with Crippen molar-refractivity contribution in [3.63, 3.8) is 0 Å². The third kappa shape index (κ3) is 4.97. The summed E-state index contributed by atoms with van der Waals surface area (Å²) >= 11 is 0. The summed E-state index contributed by atoms with van der Waals surface area (Å²) in [6.45, 7) is 5.68. The number of sulfonamides is 1. The molecule has 2 aromatic rings. The van der Waals surface area contributed by atoms with Crippen molar-refractivity contribution in [2.75, 3.05) is 17.3 Å². The van der Waals surface area contributed by atoms with Crippen LogP contribution in [0, 0.1) is 16.0 Å². The first kappa shape index (κ1) is 21.2. The lowest BCUT2D eigenvalue weighted by Crippen LogP contribution is -2.16. The van der Waals surface area contributed by atoms with E-state index in [0.29, 0.717) is 5.75 Å². The molecule has 0 radical (unpaired) electrons. The SMILES string of the molecule is COc1ccccc1NS(=O)(=O)c1cc([N+](=O)[O-])ccc1N/N=C(\C)C(C)C. The molecule has 0 aromatic heterocycles. The summed E-state index contributed by atoms with van der Waals surface area (Å²) < 4.78 is 33.5. The van der Waals surface area contributed by atoms with Crippen LogP contribution in [0.15, 0.2) is 52.5 Å². The van der Waals surface area contributed by atoms with Crippen LogP contribution in [0.2, 0.25) is 0 Å². The van der Waals surface area contributed by atoms with Gasteiger partial charge in [0, 0.05) is 17.8 Å². The van der Waals surface area contributed by atoms with Crippen LogP contribution in [-0.2, 0) is 10.0 Å². The zero-order valence-corrected chi connectivity index (χ0v) is 16.8. The molecule has 0 fully saturated rings. The van der Waals surface area contributed by atoms with Crippen LogP contribution in [0.25, 0.3) is 0 Å². The molecule has 2 rings (SSSR count). The Labute approximate surface area is 163 Å². The van der Waals surface area contributed by atoms with Crippen molar-refractivity contribution >= 4 is 32.8 Å². The number of non-ortho nitro benzene ring substituents is 1. The number of rotatable bonds is 8. The number of anilines is 2. The molecule has 2 N–H and O–H groups in total. The van der Waals surface area contributed by atoms with Gasteiger partial charge in [0.1, 0.15) is 10.6 Å². The molecule has 0 aliphatic heterocycles. The molecule has 0 spiro atoms. The van der Waals surface area contributed by atoms with Gasteiger partial charge >= 0.3 is 0 Å². The van der Waals surface area contributed by atoms with Crippen LogP contribution in [0.5, 0.6) is 5.75 Å². The van der Waals surface area contributed by atoms with Crippen molar-refractivity contribution in [2.24, 2.45) is 11.0 Å². The highest BCUT2D eigenvalue weighted by molar-refractivity contribution is 7.93. The van der Waals surface area contributed by atoms with Crippen molar-refractivity contribution in [1.29, 1.82) is 0 Å². The van der Waals surface area contributed by atoms with Gasteiger partial charge in [-0.15, -0.1) is 0 Å². The van der Waals surface area contributed by atoms with Gasteiger partial charge in [-0.05, 0) is 31.0 Å². The molecular formula is C18H22N4O5S. The summed E-state index contributed by atoms with van der Waals surface area (Å²) in [5.41, 5.74) is 3.42. The van der Waals surface area contributed by atoms with Crippen molar-refractivity contribution in [3.05, 3.63) is 52.6 Å². The maximum atomic E-state index is 13.0. The quantitative estimate of drug-likeness (QED) is 0.390. The van der Waals surface area contributed by atoms with Crippen LogP contribution in [0.3, 0.4) is 0 Å². The smallest absolute Gasteiger partial charge is 0.270 e. The number of para-hydroxylation sites is 2. The zero-order chi connectivity index (χ0) is 20.9. The molecule has 0 saturated heterocycles. The molecule has 0 bridgehead atoms. The van der Waals surface area contributed by atoms with E-state index in [1.807, 2.05) is 13.8 Å². The highest BCUT2D eigenvalue weighted by Crippen LogP contribution is 2.31.